The highest BCUT2D eigenvalue weighted by atomic mass is 35.5. The van der Waals surface area contributed by atoms with Crippen LogP contribution in [0.4, 0.5) is 0 Å². The number of aryl methyl sites for hydroxylation is 1. The van der Waals surface area contributed by atoms with Crippen molar-refractivity contribution in [3.05, 3.63) is 23.7 Å². The Balaban J connectivity index is 1.95. The lowest BCUT2D eigenvalue weighted by Crippen LogP contribution is -2.19. The first-order valence-electron chi connectivity index (χ1n) is 8.02. The van der Waals surface area contributed by atoms with Crippen LogP contribution in [0, 0.1) is 18.8 Å². The summed E-state index contributed by atoms with van der Waals surface area (Å²) in [6.07, 6.45) is 5.30. The minimum atomic E-state index is -0.0815. The maximum absolute atomic E-state index is 6.35. The zero-order valence-corrected chi connectivity index (χ0v) is 13.9. The fourth-order valence-electron chi connectivity index (χ4n) is 3.37. The minimum absolute atomic E-state index is 0.0815. The Morgan fingerprint density at radius 3 is 2.62 bits per heavy atom. The molecule has 0 aliphatic heterocycles. The Bertz CT molecular complexity index is 624. The summed E-state index contributed by atoms with van der Waals surface area (Å²) < 4.78 is 2.26. The first-order chi connectivity index (χ1) is 10.0. The van der Waals surface area contributed by atoms with Crippen LogP contribution in [-0.4, -0.2) is 14.5 Å². The average Bonchev–Trinajstić information content (AvgIpc) is 2.80. The lowest BCUT2D eigenvalue weighted by atomic mass is 9.83. The van der Waals surface area contributed by atoms with Crippen molar-refractivity contribution in [1.29, 1.82) is 0 Å². The topological polar surface area (TPSA) is 30.7 Å². The smallest absolute Gasteiger partial charge is 0.160 e. The van der Waals surface area contributed by atoms with Gasteiger partial charge in [-0.25, -0.2) is 9.97 Å². The van der Waals surface area contributed by atoms with E-state index in [1.54, 1.807) is 0 Å². The molecule has 0 bridgehead atoms. The second-order valence-electron chi connectivity index (χ2n) is 6.62. The first-order valence-corrected chi connectivity index (χ1v) is 8.46. The van der Waals surface area contributed by atoms with E-state index in [1.807, 2.05) is 19.9 Å². The summed E-state index contributed by atoms with van der Waals surface area (Å²) in [5.41, 5.74) is 3.00. The number of alkyl halides is 1. The largest absolute Gasteiger partial charge is 0.311 e. The molecule has 0 spiro atoms. The van der Waals surface area contributed by atoms with E-state index in [0.717, 1.165) is 41.1 Å². The van der Waals surface area contributed by atoms with Crippen molar-refractivity contribution in [3.8, 4) is 0 Å². The molecule has 2 heterocycles. The Labute approximate surface area is 131 Å². The molecular weight excluding hydrogens is 282 g/mol. The molecule has 0 saturated heterocycles. The van der Waals surface area contributed by atoms with Crippen molar-refractivity contribution in [2.75, 3.05) is 0 Å². The van der Waals surface area contributed by atoms with E-state index in [4.69, 9.17) is 21.6 Å². The summed E-state index contributed by atoms with van der Waals surface area (Å²) in [7, 11) is 0. The Hall–Kier alpha value is -1.09. The van der Waals surface area contributed by atoms with Gasteiger partial charge >= 0.3 is 0 Å². The molecule has 1 fully saturated rings. The fraction of sp³-hybridized carbons (Fsp3) is 0.647. The number of hydrogen-bond acceptors (Lipinski definition) is 2. The van der Waals surface area contributed by atoms with E-state index in [9.17, 15) is 0 Å². The van der Waals surface area contributed by atoms with Crippen LogP contribution < -0.4 is 0 Å². The van der Waals surface area contributed by atoms with Crippen molar-refractivity contribution in [2.45, 2.75) is 58.4 Å². The van der Waals surface area contributed by atoms with Gasteiger partial charge in [0, 0.05) is 12.2 Å². The maximum atomic E-state index is 6.35. The van der Waals surface area contributed by atoms with E-state index in [-0.39, 0.29) is 5.38 Å². The van der Waals surface area contributed by atoms with Crippen molar-refractivity contribution in [3.63, 3.8) is 0 Å². The Morgan fingerprint density at radius 1 is 1.24 bits per heavy atom. The summed E-state index contributed by atoms with van der Waals surface area (Å²) in [4.78, 5) is 9.40. The molecule has 0 amide bonds. The molecule has 2 aromatic rings. The fourth-order valence-corrected chi connectivity index (χ4v) is 3.53. The zero-order chi connectivity index (χ0) is 15.0. The molecular formula is C17H24ClN3. The molecule has 3 rings (SSSR count). The van der Waals surface area contributed by atoms with E-state index in [1.165, 1.54) is 25.7 Å². The molecule has 3 nitrogen and oxygen atoms in total. The zero-order valence-electron chi connectivity index (χ0n) is 13.1. The van der Waals surface area contributed by atoms with Crippen LogP contribution in [-0.2, 0) is 6.54 Å². The predicted molar refractivity (Wildman–Crippen MR) is 87.7 cm³/mol. The molecule has 4 heteroatoms. The van der Waals surface area contributed by atoms with Gasteiger partial charge in [-0.2, -0.15) is 0 Å². The molecule has 1 aliphatic rings. The first kappa shape index (κ1) is 14.8. The summed E-state index contributed by atoms with van der Waals surface area (Å²) in [5.74, 6) is 2.58. The van der Waals surface area contributed by atoms with E-state index in [0.29, 0.717) is 0 Å². The van der Waals surface area contributed by atoms with Gasteiger partial charge in [-0.1, -0.05) is 19.8 Å². The summed E-state index contributed by atoms with van der Waals surface area (Å²) in [5, 5.41) is -0.0815. The molecule has 0 N–H and O–H groups in total. The SMILES string of the molecule is Cc1ccc2nc(C(C)Cl)n(CC3CCC(C)CC3)c2n1. The predicted octanol–water partition coefficient (Wildman–Crippen LogP) is 4.87. The summed E-state index contributed by atoms with van der Waals surface area (Å²) in [6.45, 7) is 7.39. The van der Waals surface area contributed by atoms with E-state index >= 15 is 0 Å². The van der Waals surface area contributed by atoms with Crippen molar-refractivity contribution in [1.82, 2.24) is 14.5 Å². The van der Waals surface area contributed by atoms with Crippen molar-refractivity contribution >= 4 is 22.8 Å². The second kappa shape index (κ2) is 5.96. The molecule has 1 aliphatic carbocycles. The average molecular weight is 306 g/mol. The van der Waals surface area contributed by atoms with Crippen molar-refractivity contribution in [2.24, 2.45) is 11.8 Å². The number of rotatable bonds is 3. The van der Waals surface area contributed by atoms with Gasteiger partial charge in [-0.3, -0.25) is 0 Å². The molecule has 1 atom stereocenters. The number of pyridine rings is 1. The molecule has 1 saturated carbocycles. The van der Waals surface area contributed by atoms with Crippen molar-refractivity contribution < 1.29 is 0 Å². The standard InChI is InChI=1S/C17H24ClN3/c1-11-4-7-14(8-5-11)10-21-16(13(3)18)20-15-9-6-12(2)19-17(15)21/h6,9,11,13-14H,4-5,7-8,10H2,1-3H3. The van der Waals surface area contributed by atoms with E-state index in [2.05, 4.69) is 17.6 Å². The van der Waals surface area contributed by atoms with Crippen LogP contribution in [0.1, 0.15) is 56.4 Å². The van der Waals surface area contributed by atoms with E-state index < -0.39 is 0 Å². The van der Waals surface area contributed by atoms with Gasteiger partial charge in [0.25, 0.3) is 0 Å². The van der Waals surface area contributed by atoms with Gasteiger partial charge in [0.05, 0.1) is 5.38 Å². The summed E-state index contributed by atoms with van der Waals surface area (Å²) in [6, 6.07) is 4.07. The number of halogens is 1. The highest BCUT2D eigenvalue weighted by Gasteiger charge is 2.22. The maximum Gasteiger partial charge on any atom is 0.160 e. The lowest BCUT2D eigenvalue weighted by molar-refractivity contribution is 0.264. The van der Waals surface area contributed by atoms with Gasteiger partial charge in [0.1, 0.15) is 11.3 Å². The van der Waals surface area contributed by atoms with Gasteiger partial charge in [0.2, 0.25) is 0 Å². The molecule has 114 valence electrons. The van der Waals surface area contributed by atoms with Crippen LogP contribution >= 0.6 is 11.6 Å². The molecule has 0 aromatic carbocycles. The number of nitrogens with zero attached hydrogens (tertiary/aromatic N) is 3. The normalized spacial score (nSPS) is 24.4. The van der Waals surface area contributed by atoms with Gasteiger partial charge in [-0.05, 0) is 50.7 Å². The Kier molecular flexibility index (Phi) is 4.21. The van der Waals surface area contributed by atoms with Gasteiger partial charge in [-0.15, -0.1) is 11.6 Å². The van der Waals surface area contributed by atoms with Gasteiger partial charge in [0.15, 0.2) is 5.65 Å². The second-order valence-corrected chi connectivity index (χ2v) is 7.27. The third-order valence-corrected chi connectivity index (χ3v) is 4.89. The minimum Gasteiger partial charge on any atom is -0.311 e. The number of hydrogen-bond donors (Lipinski definition) is 0. The number of fused-ring (bicyclic) bond motifs is 1. The molecule has 2 aromatic heterocycles. The number of imidazole rings is 1. The third-order valence-electron chi connectivity index (χ3n) is 4.69. The van der Waals surface area contributed by atoms with Gasteiger partial charge < -0.3 is 4.57 Å². The van der Waals surface area contributed by atoms with Crippen LogP contribution in [0.2, 0.25) is 0 Å². The van der Waals surface area contributed by atoms with Crippen LogP contribution in [0.5, 0.6) is 0 Å². The summed E-state index contributed by atoms with van der Waals surface area (Å²) >= 11 is 6.35. The molecule has 0 radical (unpaired) electrons. The quantitative estimate of drug-likeness (QED) is 0.758. The lowest BCUT2D eigenvalue weighted by Gasteiger charge is -2.27. The van der Waals surface area contributed by atoms with Crippen LogP contribution in [0.15, 0.2) is 12.1 Å². The monoisotopic (exact) mass is 305 g/mol. The number of aromatic nitrogens is 3. The highest BCUT2D eigenvalue weighted by Crippen LogP contribution is 2.32. The molecule has 1 unspecified atom stereocenters. The highest BCUT2D eigenvalue weighted by molar-refractivity contribution is 6.20. The van der Waals surface area contributed by atoms with Crippen LogP contribution in [0.25, 0.3) is 11.2 Å². The molecule has 21 heavy (non-hydrogen) atoms. The third kappa shape index (κ3) is 3.08. The van der Waals surface area contributed by atoms with Crippen LogP contribution in [0.3, 0.4) is 0 Å². The Morgan fingerprint density at radius 2 is 1.95 bits per heavy atom.